The van der Waals surface area contributed by atoms with Gasteiger partial charge in [0, 0.05) is 18.5 Å². The summed E-state index contributed by atoms with van der Waals surface area (Å²) in [5.74, 6) is 2.09. The van der Waals surface area contributed by atoms with Crippen molar-refractivity contribution in [2.24, 2.45) is 4.99 Å². The Kier molecular flexibility index (Phi) is 6.34. The number of benzene rings is 1. The molecular formula is C21H31N5O2. The van der Waals surface area contributed by atoms with Crippen LogP contribution < -0.4 is 5.32 Å². The molecule has 1 saturated heterocycles. The van der Waals surface area contributed by atoms with E-state index in [1.165, 1.54) is 11.1 Å². The van der Waals surface area contributed by atoms with Crippen LogP contribution in [0.4, 0.5) is 0 Å². The van der Waals surface area contributed by atoms with Gasteiger partial charge in [0.1, 0.15) is 12.6 Å². The van der Waals surface area contributed by atoms with Crippen LogP contribution in [0.3, 0.4) is 0 Å². The highest BCUT2D eigenvalue weighted by Gasteiger charge is 2.25. The van der Waals surface area contributed by atoms with Crippen molar-refractivity contribution in [3.05, 3.63) is 47.1 Å². The number of nitrogens with one attached hydrogen (secondary N) is 1. The molecule has 0 bridgehead atoms. The Balaban J connectivity index is 1.73. The predicted octanol–water partition coefficient (Wildman–Crippen LogP) is 3.21. The van der Waals surface area contributed by atoms with Crippen molar-refractivity contribution in [1.29, 1.82) is 0 Å². The second kappa shape index (κ2) is 8.73. The van der Waals surface area contributed by atoms with E-state index >= 15 is 0 Å². The van der Waals surface area contributed by atoms with Gasteiger partial charge in [-0.15, -0.1) is 0 Å². The van der Waals surface area contributed by atoms with Gasteiger partial charge in [-0.3, -0.25) is 0 Å². The zero-order chi connectivity index (χ0) is 20.1. The minimum Gasteiger partial charge on any atom is -0.370 e. The normalized spacial score (nSPS) is 18.4. The Labute approximate surface area is 167 Å². The van der Waals surface area contributed by atoms with Crippen LogP contribution in [0.15, 0.2) is 33.8 Å². The summed E-state index contributed by atoms with van der Waals surface area (Å²) in [6.45, 7) is 13.8. The van der Waals surface area contributed by atoms with Gasteiger partial charge in [0.15, 0.2) is 11.8 Å². The summed E-state index contributed by atoms with van der Waals surface area (Å²) in [5, 5.41) is 7.45. The Bertz CT molecular complexity index is 809. The van der Waals surface area contributed by atoms with Gasteiger partial charge in [-0.25, -0.2) is 4.99 Å². The first-order chi connectivity index (χ1) is 13.4. The number of nitrogens with zero attached hydrogens (tertiary/aromatic N) is 4. The van der Waals surface area contributed by atoms with Gasteiger partial charge in [-0.2, -0.15) is 4.98 Å². The van der Waals surface area contributed by atoms with E-state index in [1.54, 1.807) is 0 Å². The minimum absolute atomic E-state index is 0.0384. The van der Waals surface area contributed by atoms with Crippen LogP contribution in [0.1, 0.15) is 56.6 Å². The van der Waals surface area contributed by atoms with Crippen molar-refractivity contribution in [2.75, 3.05) is 26.2 Å². The van der Waals surface area contributed by atoms with E-state index in [2.05, 4.69) is 79.2 Å². The number of aromatic nitrogens is 2. The Morgan fingerprint density at radius 3 is 2.79 bits per heavy atom. The number of guanidine groups is 1. The van der Waals surface area contributed by atoms with Crippen LogP contribution in [0.25, 0.3) is 0 Å². The summed E-state index contributed by atoms with van der Waals surface area (Å²) in [7, 11) is 0. The first-order valence-corrected chi connectivity index (χ1v) is 9.92. The summed E-state index contributed by atoms with van der Waals surface area (Å²) in [5.41, 5.74) is 2.32. The number of aryl methyl sites for hydroxylation is 1. The fourth-order valence-electron chi connectivity index (χ4n) is 3.17. The third-order valence-electron chi connectivity index (χ3n) is 4.72. The smallest absolute Gasteiger partial charge is 0.232 e. The molecule has 1 aromatic carbocycles. The molecule has 1 aromatic heterocycles. The monoisotopic (exact) mass is 385 g/mol. The highest BCUT2D eigenvalue weighted by molar-refractivity contribution is 5.80. The molecule has 1 N–H and O–H groups in total. The van der Waals surface area contributed by atoms with Gasteiger partial charge in [-0.05, 0) is 25.0 Å². The molecule has 0 amide bonds. The van der Waals surface area contributed by atoms with E-state index in [1.807, 2.05) is 0 Å². The molecule has 7 nitrogen and oxygen atoms in total. The molecule has 1 aliphatic rings. The molecule has 7 heteroatoms. The standard InChI is InChI=1S/C21H31N5O2/c1-6-22-20(23-13-18-24-19(28-25-18)21(3,4)5)26-11-12-27-17(14-26)16-10-8-7-9-15(16)2/h7-10,17H,6,11-14H2,1-5H3,(H,22,23). The number of hydrogen-bond acceptors (Lipinski definition) is 5. The Morgan fingerprint density at radius 1 is 1.32 bits per heavy atom. The van der Waals surface area contributed by atoms with Crippen molar-refractivity contribution in [3.8, 4) is 0 Å². The Morgan fingerprint density at radius 2 is 2.11 bits per heavy atom. The summed E-state index contributed by atoms with van der Waals surface area (Å²) in [6, 6.07) is 8.38. The first kappa shape index (κ1) is 20.3. The van der Waals surface area contributed by atoms with E-state index in [0.29, 0.717) is 24.9 Å². The van der Waals surface area contributed by atoms with Gasteiger partial charge in [-0.1, -0.05) is 50.2 Å². The molecule has 2 aromatic rings. The third kappa shape index (κ3) is 4.90. The third-order valence-corrected chi connectivity index (χ3v) is 4.72. The lowest BCUT2D eigenvalue weighted by Crippen LogP contribution is -2.48. The van der Waals surface area contributed by atoms with Gasteiger partial charge < -0.3 is 19.5 Å². The quantitative estimate of drug-likeness (QED) is 0.643. The molecule has 0 saturated carbocycles. The summed E-state index contributed by atoms with van der Waals surface area (Å²) >= 11 is 0. The predicted molar refractivity (Wildman–Crippen MR) is 109 cm³/mol. The maximum Gasteiger partial charge on any atom is 0.232 e. The van der Waals surface area contributed by atoms with Crippen LogP contribution in [-0.4, -0.2) is 47.2 Å². The molecule has 1 aliphatic heterocycles. The number of aliphatic imine (C=N–C) groups is 1. The fourth-order valence-corrected chi connectivity index (χ4v) is 3.17. The zero-order valence-electron chi connectivity index (χ0n) is 17.5. The molecule has 1 fully saturated rings. The SMILES string of the molecule is CCNC(=NCc1noc(C(C)(C)C)n1)N1CCOC(c2ccccc2C)C1. The number of ether oxygens (including phenoxy) is 1. The molecule has 0 spiro atoms. The maximum atomic E-state index is 6.04. The van der Waals surface area contributed by atoms with Crippen molar-refractivity contribution in [1.82, 2.24) is 20.4 Å². The lowest BCUT2D eigenvalue weighted by molar-refractivity contribution is -0.00834. The zero-order valence-corrected chi connectivity index (χ0v) is 17.5. The highest BCUT2D eigenvalue weighted by Crippen LogP contribution is 2.25. The molecule has 0 radical (unpaired) electrons. The van der Waals surface area contributed by atoms with Gasteiger partial charge in [0.05, 0.1) is 13.2 Å². The van der Waals surface area contributed by atoms with Crippen LogP contribution in [-0.2, 0) is 16.7 Å². The van der Waals surface area contributed by atoms with Crippen LogP contribution in [0, 0.1) is 6.92 Å². The van der Waals surface area contributed by atoms with E-state index in [0.717, 1.165) is 25.6 Å². The molecule has 1 atom stereocenters. The molecular weight excluding hydrogens is 354 g/mol. The Hall–Kier alpha value is -2.41. The average Bonchev–Trinajstić information content (AvgIpc) is 3.15. The molecule has 2 heterocycles. The molecule has 28 heavy (non-hydrogen) atoms. The van der Waals surface area contributed by atoms with Crippen molar-refractivity contribution >= 4 is 5.96 Å². The topological polar surface area (TPSA) is 75.8 Å². The van der Waals surface area contributed by atoms with Gasteiger partial charge in [0.2, 0.25) is 5.89 Å². The largest absolute Gasteiger partial charge is 0.370 e. The van der Waals surface area contributed by atoms with Gasteiger partial charge in [0.25, 0.3) is 0 Å². The number of morpholine rings is 1. The summed E-state index contributed by atoms with van der Waals surface area (Å²) < 4.78 is 11.4. The van der Waals surface area contributed by atoms with Crippen molar-refractivity contribution in [3.63, 3.8) is 0 Å². The maximum absolute atomic E-state index is 6.04. The molecule has 0 aliphatic carbocycles. The van der Waals surface area contributed by atoms with E-state index < -0.39 is 0 Å². The van der Waals surface area contributed by atoms with Crippen LogP contribution >= 0.6 is 0 Å². The fraction of sp³-hybridized carbons (Fsp3) is 0.571. The van der Waals surface area contributed by atoms with E-state index in [-0.39, 0.29) is 11.5 Å². The van der Waals surface area contributed by atoms with Gasteiger partial charge >= 0.3 is 0 Å². The second-order valence-corrected chi connectivity index (χ2v) is 8.10. The lowest BCUT2D eigenvalue weighted by atomic mass is 9.97. The van der Waals surface area contributed by atoms with E-state index in [4.69, 9.17) is 14.3 Å². The van der Waals surface area contributed by atoms with Crippen LogP contribution in [0.5, 0.6) is 0 Å². The number of rotatable bonds is 4. The highest BCUT2D eigenvalue weighted by atomic mass is 16.5. The summed E-state index contributed by atoms with van der Waals surface area (Å²) in [6.07, 6.45) is 0.0384. The minimum atomic E-state index is -0.162. The first-order valence-electron chi connectivity index (χ1n) is 9.92. The average molecular weight is 386 g/mol. The molecule has 1 unspecified atom stereocenters. The lowest BCUT2D eigenvalue weighted by Gasteiger charge is -2.35. The second-order valence-electron chi connectivity index (χ2n) is 8.10. The van der Waals surface area contributed by atoms with Crippen molar-refractivity contribution in [2.45, 2.75) is 52.7 Å². The summed E-state index contributed by atoms with van der Waals surface area (Å²) in [4.78, 5) is 11.5. The molecule has 3 rings (SSSR count). The van der Waals surface area contributed by atoms with Crippen LogP contribution in [0.2, 0.25) is 0 Å². The molecule has 152 valence electrons. The van der Waals surface area contributed by atoms with E-state index in [9.17, 15) is 0 Å². The van der Waals surface area contributed by atoms with Crippen molar-refractivity contribution < 1.29 is 9.26 Å². The number of hydrogen-bond donors (Lipinski definition) is 1.